The third kappa shape index (κ3) is 4.31. The normalized spacial score (nSPS) is 23.8. The van der Waals surface area contributed by atoms with Gasteiger partial charge in [0.2, 0.25) is 0 Å². The number of pyridine rings is 1. The lowest BCUT2D eigenvalue weighted by atomic mass is 9.75. The number of nitrogens with zero attached hydrogens (tertiary/aromatic N) is 1. The van der Waals surface area contributed by atoms with Crippen LogP contribution in [-0.2, 0) is 0 Å². The molecule has 0 aliphatic heterocycles. The smallest absolute Gasteiger partial charge is 0.0303 e. The maximum absolute atomic E-state index is 4.38. The van der Waals surface area contributed by atoms with Gasteiger partial charge < -0.3 is 5.32 Å². The van der Waals surface area contributed by atoms with Crippen molar-refractivity contribution in [2.45, 2.75) is 52.4 Å². The van der Waals surface area contributed by atoms with Crippen LogP contribution in [0.15, 0.2) is 18.5 Å². The molecule has 0 spiro atoms. The molecule has 2 heteroatoms. The first-order valence-electron chi connectivity index (χ1n) is 7.79. The fourth-order valence-electron chi connectivity index (χ4n) is 3.23. The maximum atomic E-state index is 4.38. The number of hydrogen-bond acceptors (Lipinski definition) is 2. The summed E-state index contributed by atoms with van der Waals surface area (Å²) in [5, 5.41) is 3.65. The van der Waals surface area contributed by atoms with Crippen molar-refractivity contribution < 1.29 is 0 Å². The van der Waals surface area contributed by atoms with Crippen LogP contribution in [0.3, 0.4) is 0 Å². The maximum Gasteiger partial charge on any atom is 0.0303 e. The van der Waals surface area contributed by atoms with Crippen molar-refractivity contribution in [2.75, 3.05) is 13.1 Å². The molecule has 106 valence electrons. The molecule has 2 unspecified atom stereocenters. The highest BCUT2D eigenvalue weighted by Gasteiger charge is 2.26. The van der Waals surface area contributed by atoms with Gasteiger partial charge in [0, 0.05) is 12.4 Å². The molecule has 1 aliphatic carbocycles. The van der Waals surface area contributed by atoms with E-state index in [1.807, 2.05) is 6.20 Å². The average molecular weight is 260 g/mol. The van der Waals surface area contributed by atoms with Crippen LogP contribution in [0.2, 0.25) is 0 Å². The van der Waals surface area contributed by atoms with E-state index in [2.05, 4.69) is 43.3 Å². The molecular weight excluding hydrogens is 232 g/mol. The summed E-state index contributed by atoms with van der Waals surface area (Å²) in [4.78, 5) is 4.38. The minimum atomic E-state index is 0.709. The third-order valence-electron chi connectivity index (χ3n) is 4.19. The minimum absolute atomic E-state index is 0.709. The second kappa shape index (κ2) is 7.04. The molecular formula is C17H28N2. The fourth-order valence-corrected chi connectivity index (χ4v) is 3.23. The van der Waals surface area contributed by atoms with E-state index in [1.165, 1.54) is 36.8 Å². The largest absolute Gasteiger partial charge is 0.316 e. The highest BCUT2D eigenvalue weighted by Crippen LogP contribution is 2.37. The summed E-state index contributed by atoms with van der Waals surface area (Å²) in [5.74, 6) is 2.24. The zero-order chi connectivity index (χ0) is 13.7. The molecule has 1 N–H and O–H groups in total. The summed E-state index contributed by atoms with van der Waals surface area (Å²) in [6.07, 6.45) is 9.50. The van der Waals surface area contributed by atoms with E-state index >= 15 is 0 Å². The van der Waals surface area contributed by atoms with Gasteiger partial charge in [-0.2, -0.15) is 0 Å². The predicted molar refractivity (Wildman–Crippen MR) is 81.4 cm³/mol. The molecule has 1 fully saturated rings. The SMILES string of the molecule is Cc1cncc(C2CCCCC2CNCC(C)C)c1. The standard InChI is InChI=1S/C17H28N2/c1-13(2)9-18-11-15-6-4-5-7-17(15)16-8-14(3)10-19-12-16/h8,10,12-13,15,17-18H,4-7,9,11H2,1-3H3. The lowest BCUT2D eigenvalue weighted by molar-refractivity contribution is 0.291. The Bertz CT molecular complexity index is 387. The van der Waals surface area contributed by atoms with Crippen molar-refractivity contribution in [1.29, 1.82) is 0 Å². The van der Waals surface area contributed by atoms with Gasteiger partial charge in [-0.1, -0.05) is 32.8 Å². The van der Waals surface area contributed by atoms with E-state index in [0.29, 0.717) is 5.92 Å². The molecule has 1 aliphatic rings. The van der Waals surface area contributed by atoms with Crippen molar-refractivity contribution in [2.24, 2.45) is 11.8 Å². The van der Waals surface area contributed by atoms with E-state index in [0.717, 1.165) is 24.9 Å². The Morgan fingerprint density at radius 3 is 2.79 bits per heavy atom. The second-order valence-electron chi connectivity index (χ2n) is 6.50. The van der Waals surface area contributed by atoms with Gasteiger partial charge >= 0.3 is 0 Å². The Kier molecular flexibility index (Phi) is 5.38. The molecule has 19 heavy (non-hydrogen) atoms. The zero-order valence-electron chi connectivity index (χ0n) is 12.7. The summed E-state index contributed by atoms with van der Waals surface area (Å²) in [6.45, 7) is 8.99. The van der Waals surface area contributed by atoms with Gasteiger partial charge in [-0.15, -0.1) is 0 Å². The van der Waals surface area contributed by atoms with Crippen molar-refractivity contribution >= 4 is 0 Å². The third-order valence-corrected chi connectivity index (χ3v) is 4.19. The summed E-state index contributed by atoms with van der Waals surface area (Å²) in [6, 6.07) is 2.33. The van der Waals surface area contributed by atoms with E-state index in [-0.39, 0.29) is 0 Å². The zero-order valence-corrected chi connectivity index (χ0v) is 12.7. The van der Waals surface area contributed by atoms with Gasteiger partial charge in [-0.3, -0.25) is 4.98 Å². The van der Waals surface area contributed by atoms with Crippen LogP contribution in [0, 0.1) is 18.8 Å². The van der Waals surface area contributed by atoms with Gasteiger partial charge in [-0.05, 0) is 61.7 Å². The van der Waals surface area contributed by atoms with Crippen LogP contribution in [0.5, 0.6) is 0 Å². The highest BCUT2D eigenvalue weighted by molar-refractivity contribution is 5.22. The van der Waals surface area contributed by atoms with Crippen LogP contribution in [0.4, 0.5) is 0 Å². The van der Waals surface area contributed by atoms with Gasteiger partial charge in [0.1, 0.15) is 0 Å². The van der Waals surface area contributed by atoms with Gasteiger partial charge in [0.05, 0.1) is 0 Å². The quantitative estimate of drug-likeness (QED) is 0.868. The second-order valence-corrected chi connectivity index (χ2v) is 6.50. The molecule has 1 aromatic heterocycles. The number of nitrogens with one attached hydrogen (secondary N) is 1. The molecule has 2 rings (SSSR count). The van der Waals surface area contributed by atoms with E-state index < -0.39 is 0 Å². The molecule has 0 radical (unpaired) electrons. The van der Waals surface area contributed by atoms with Crippen molar-refractivity contribution in [1.82, 2.24) is 10.3 Å². The fraction of sp³-hybridized carbons (Fsp3) is 0.706. The Balaban J connectivity index is 1.99. The lowest BCUT2D eigenvalue weighted by Gasteiger charge is -2.32. The van der Waals surface area contributed by atoms with E-state index in [1.54, 1.807) is 0 Å². The molecule has 1 saturated carbocycles. The number of aromatic nitrogens is 1. The van der Waals surface area contributed by atoms with Gasteiger partial charge in [0.25, 0.3) is 0 Å². The topological polar surface area (TPSA) is 24.9 Å². The summed E-state index contributed by atoms with van der Waals surface area (Å²) >= 11 is 0. The Hall–Kier alpha value is -0.890. The molecule has 2 atom stereocenters. The van der Waals surface area contributed by atoms with E-state index in [9.17, 15) is 0 Å². The monoisotopic (exact) mass is 260 g/mol. The number of hydrogen-bond donors (Lipinski definition) is 1. The molecule has 0 amide bonds. The molecule has 0 aromatic carbocycles. The Morgan fingerprint density at radius 2 is 2.05 bits per heavy atom. The minimum Gasteiger partial charge on any atom is -0.316 e. The van der Waals surface area contributed by atoms with Crippen LogP contribution in [0.1, 0.15) is 56.6 Å². The Morgan fingerprint density at radius 1 is 1.26 bits per heavy atom. The van der Waals surface area contributed by atoms with E-state index in [4.69, 9.17) is 0 Å². The molecule has 2 nitrogen and oxygen atoms in total. The van der Waals surface area contributed by atoms with Gasteiger partial charge in [-0.25, -0.2) is 0 Å². The Labute approximate surface area is 118 Å². The van der Waals surface area contributed by atoms with Crippen molar-refractivity contribution in [3.63, 3.8) is 0 Å². The molecule has 1 aromatic rings. The molecule has 0 bridgehead atoms. The van der Waals surface area contributed by atoms with Crippen LogP contribution in [-0.4, -0.2) is 18.1 Å². The van der Waals surface area contributed by atoms with Crippen molar-refractivity contribution in [3.05, 3.63) is 29.6 Å². The van der Waals surface area contributed by atoms with Crippen LogP contribution >= 0.6 is 0 Å². The predicted octanol–water partition coefficient (Wildman–Crippen LogP) is 3.91. The lowest BCUT2D eigenvalue weighted by Crippen LogP contribution is -2.31. The van der Waals surface area contributed by atoms with Crippen molar-refractivity contribution in [3.8, 4) is 0 Å². The van der Waals surface area contributed by atoms with Gasteiger partial charge in [0.15, 0.2) is 0 Å². The summed E-state index contributed by atoms with van der Waals surface area (Å²) < 4.78 is 0. The van der Waals surface area contributed by atoms with Crippen LogP contribution < -0.4 is 5.32 Å². The highest BCUT2D eigenvalue weighted by atomic mass is 14.9. The van der Waals surface area contributed by atoms with Crippen LogP contribution in [0.25, 0.3) is 0 Å². The summed E-state index contributed by atoms with van der Waals surface area (Å²) in [7, 11) is 0. The molecule has 0 saturated heterocycles. The first-order chi connectivity index (χ1) is 9.16. The average Bonchev–Trinajstić information content (AvgIpc) is 2.39. The first-order valence-corrected chi connectivity index (χ1v) is 7.79. The summed E-state index contributed by atoms with van der Waals surface area (Å²) in [5.41, 5.74) is 2.74. The first kappa shape index (κ1) is 14.5. The molecule has 1 heterocycles. The number of aryl methyl sites for hydroxylation is 1. The number of rotatable bonds is 5.